The summed E-state index contributed by atoms with van der Waals surface area (Å²) in [6.45, 7) is 2.25. The second-order valence-electron chi connectivity index (χ2n) is 6.02. The normalized spacial score (nSPS) is 10.5. The molecule has 5 heteroatoms. The number of amides is 1. The van der Waals surface area contributed by atoms with Gasteiger partial charge in [0.1, 0.15) is 0 Å². The molecule has 0 spiro atoms. The number of hydrogen-bond acceptors (Lipinski definition) is 4. The standard InChI is InChI=1S/C21H20N2O3/c1-14-7-9-15(10-8-14)19-13-17(16-5-3-4-6-18(16)23-19)21(25)22-12-11-20(24)26-2/h3-10,13H,11-12H2,1-2H3,(H,22,25). The van der Waals surface area contributed by atoms with Crippen LogP contribution in [0.2, 0.25) is 0 Å². The van der Waals surface area contributed by atoms with Crippen LogP contribution in [0.3, 0.4) is 0 Å². The minimum absolute atomic E-state index is 0.135. The largest absolute Gasteiger partial charge is 0.469 e. The highest BCUT2D eigenvalue weighted by atomic mass is 16.5. The maximum atomic E-state index is 12.7. The molecule has 0 aliphatic rings. The third-order valence-electron chi connectivity index (χ3n) is 4.15. The van der Waals surface area contributed by atoms with Crippen molar-refractivity contribution in [3.63, 3.8) is 0 Å². The van der Waals surface area contributed by atoms with Crippen molar-refractivity contribution in [3.05, 3.63) is 65.7 Å². The van der Waals surface area contributed by atoms with Crippen molar-refractivity contribution in [1.82, 2.24) is 10.3 Å². The van der Waals surface area contributed by atoms with E-state index in [1.54, 1.807) is 6.07 Å². The summed E-state index contributed by atoms with van der Waals surface area (Å²) in [6, 6.07) is 17.3. The Bertz CT molecular complexity index is 949. The fourth-order valence-corrected chi connectivity index (χ4v) is 2.71. The van der Waals surface area contributed by atoms with E-state index in [0.29, 0.717) is 5.56 Å². The number of carbonyl (C=O) groups excluding carboxylic acids is 2. The Hall–Kier alpha value is -3.21. The molecule has 0 saturated carbocycles. The number of fused-ring (bicyclic) bond motifs is 1. The lowest BCUT2D eigenvalue weighted by molar-refractivity contribution is -0.140. The number of esters is 1. The molecule has 0 unspecified atom stereocenters. The molecule has 3 rings (SSSR count). The zero-order chi connectivity index (χ0) is 18.5. The van der Waals surface area contributed by atoms with Crippen molar-refractivity contribution in [3.8, 4) is 11.3 Å². The van der Waals surface area contributed by atoms with E-state index in [0.717, 1.165) is 27.7 Å². The number of hydrogen-bond donors (Lipinski definition) is 1. The maximum absolute atomic E-state index is 12.7. The van der Waals surface area contributed by atoms with Gasteiger partial charge in [-0.15, -0.1) is 0 Å². The fourth-order valence-electron chi connectivity index (χ4n) is 2.71. The number of aryl methyl sites for hydroxylation is 1. The van der Waals surface area contributed by atoms with Gasteiger partial charge in [-0.1, -0.05) is 48.0 Å². The summed E-state index contributed by atoms with van der Waals surface area (Å²) in [6.07, 6.45) is 0.135. The van der Waals surface area contributed by atoms with Crippen molar-refractivity contribution < 1.29 is 14.3 Å². The van der Waals surface area contributed by atoms with Crippen molar-refractivity contribution in [2.24, 2.45) is 0 Å². The Morgan fingerprint density at radius 2 is 1.81 bits per heavy atom. The Labute approximate surface area is 152 Å². The summed E-state index contributed by atoms with van der Waals surface area (Å²) in [5.74, 6) is -0.592. The van der Waals surface area contributed by atoms with Crippen molar-refractivity contribution in [2.75, 3.05) is 13.7 Å². The fraction of sp³-hybridized carbons (Fsp3) is 0.190. The van der Waals surface area contributed by atoms with Gasteiger partial charge in [0.15, 0.2) is 0 Å². The van der Waals surface area contributed by atoms with Crippen molar-refractivity contribution in [1.29, 1.82) is 0 Å². The van der Waals surface area contributed by atoms with Gasteiger partial charge in [0, 0.05) is 17.5 Å². The van der Waals surface area contributed by atoms with Gasteiger partial charge < -0.3 is 10.1 Å². The van der Waals surface area contributed by atoms with Crippen LogP contribution in [0.15, 0.2) is 54.6 Å². The highest BCUT2D eigenvalue weighted by Gasteiger charge is 2.14. The molecule has 26 heavy (non-hydrogen) atoms. The Morgan fingerprint density at radius 1 is 1.08 bits per heavy atom. The maximum Gasteiger partial charge on any atom is 0.307 e. The van der Waals surface area contributed by atoms with Crippen LogP contribution in [0, 0.1) is 6.92 Å². The number of ether oxygens (including phenoxy) is 1. The minimum atomic E-state index is -0.356. The zero-order valence-electron chi connectivity index (χ0n) is 14.8. The van der Waals surface area contributed by atoms with Crippen LogP contribution in [-0.4, -0.2) is 30.5 Å². The first-order valence-electron chi connectivity index (χ1n) is 8.40. The van der Waals surface area contributed by atoms with E-state index in [2.05, 4.69) is 15.0 Å². The Balaban J connectivity index is 1.96. The van der Waals surface area contributed by atoms with Crippen LogP contribution in [0.4, 0.5) is 0 Å². The monoisotopic (exact) mass is 348 g/mol. The SMILES string of the molecule is COC(=O)CCNC(=O)c1cc(-c2ccc(C)cc2)nc2ccccc12. The third kappa shape index (κ3) is 3.88. The topological polar surface area (TPSA) is 68.3 Å². The van der Waals surface area contributed by atoms with Crippen LogP contribution < -0.4 is 5.32 Å². The molecule has 0 bridgehead atoms. The molecule has 0 aliphatic heterocycles. The lowest BCUT2D eigenvalue weighted by atomic mass is 10.0. The predicted octanol–water partition coefficient (Wildman–Crippen LogP) is 3.50. The lowest BCUT2D eigenvalue weighted by Gasteiger charge is -2.10. The number of para-hydroxylation sites is 1. The summed E-state index contributed by atoms with van der Waals surface area (Å²) in [5.41, 5.74) is 4.14. The van der Waals surface area contributed by atoms with E-state index in [4.69, 9.17) is 0 Å². The summed E-state index contributed by atoms with van der Waals surface area (Å²) >= 11 is 0. The van der Waals surface area contributed by atoms with Gasteiger partial charge in [-0.2, -0.15) is 0 Å². The smallest absolute Gasteiger partial charge is 0.307 e. The average molecular weight is 348 g/mol. The van der Waals surface area contributed by atoms with E-state index < -0.39 is 0 Å². The van der Waals surface area contributed by atoms with E-state index in [1.165, 1.54) is 7.11 Å². The minimum Gasteiger partial charge on any atom is -0.469 e. The summed E-state index contributed by atoms with van der Waals surface area (Å²) < 4.78 is 4.59. The summed E-state index contributed by atoms with van der Waals surface area (Å²) in [4.78, 5) is 28.6. The molecule has 3 aromatic rings. The van der Waals surface area contributed by atoms with Gasteiger partial charge in [0.2, 0.25) is 0 Å². The molecule has 0 saturated heterocycles. The van der Waals surface area contributed by atoms with Gasteiger partial charge in [-0.3, -0.25) is 9.59 Å². The molecule has 1 heterocycles. The first-order valence-corrected chi connectivity index (χ1v) is 8.40. The Kier molecular flexibility index (Phi) is 5.27. The summed E-state index contributed by atoms with van der Waals surface area (Å²) in [5, 5.41) is 3.55. The van der Waals surface area contributed by atoms with Crippen LogP contribution in [0.25, 0.3) is 22.2 Å². The molecule has 0 fully saturated rings. The molecule has 0 aliphatic carbocycles. The highest BCUT2D eigenvalue weighted by Crippen LogP contribution is 2.25. The number of nitrogens with one attached hydrogen (secondary N) is 1. The molecule has 0 atom stereocenters. The molecule has 132 valence electrons. The number of aromatic nitrogens is 1. The van der Waals surface area contributed by atoms with Crippen molar-refractivity contribution >= 4 is 22.8 Å². The molecule has 1 amide bonds. The molecule has 1 N–H and O–H groups in total. The molecular formula is C21H20N2O3. The van der Waals surface area contributed by atoms with E-state index >= 15 is 0 Å². The van der Waals surface area contributed by atoms with Gasteiger partial charge in [-0.25, -0.2) is 4.98 Å². The van der Waals surface area contributed by atoms with E-state index in [9.17, 15) is 9.59 Å². The number of methoxy groups -OCH3 is 1. The summed E-state index contributed by atoms with van der Waals surface area (Å²) in [7, 11) is 1.33. The number of nitrogens with zero attached hydrogens (tertiary/aromatic N) is 1. The third-order valence-corrected chi connectivity index (χ3v) is 4.15. The second kappa shape index (κ2) is 7.78. The van der Waals surface area contributed by atoms with Gasteiger partial charge in [0.25, 0.3) is 5.91 Å². The second-order valence-corrected chi connectivity index (χ2v) is 6.02. The number of carbonyl (C=O) groups is 2. The van der Waals surface area contributed by atoms with Crippen molar-refractivity contribution in [2.45, 2.75) is 13.3 Å². The molecule has 0 radical (unpaired) electrons. The first kappa shape index (κ1) is 17.6. The molecule has 1 aromatic heterocycles. The number of pyridine rings is 1. The molecule has 2 aromatic carbocycles. The van der Waals surface area contributed by atoms with E-state index in [-0.39, 0.29) is 24.8 Å². The zero-order valence-corrected chi connectivity index (χ0v) is 14.8. The van der Waals surface area contributed by atoms with Gasteiger partial charge in [0.05, 0.1) is 30.3 Å². The van der Waals surface area contributed by atoms with E-state index in [1.807, 2.05) is 55.5 Å². The van der Waals surface area contributed by atoms with Crippen LogP contribution >= 0.6 is 0 Å². The first-order chi connectivity index (χ1) is 12.6. The molecule has 5 nitrogen and oxygen atoms in total. The number of benzene rings is 2. The van der Waals surface area contributed by atoms with Crippen LogP contribution in [0.5, 0.6) is 0 Å². The lowest BCUT2D eigenvalue weighted by Crippen LogP contribution is -2.26. The van der Waals surface area contributed by atoms with Crippen LogP contribution in [-0.2, 0) is 9.53 Å². The average Bonchev–Trinajstić information content (AvgIpc) is 2.67. The predicted molar refractivity (Wildman–Crippen MR) is 101 cm³/mol. The molecular weight excluding hydrogens is 328 g/mol. The highest BCUT2D eigenvalue weighted by molar-refractivity contribution is 6.07. The Morgan fingerprint density at radius 3 is 2.54 bits per heavy atom. The number of rotatable bonds is 5. The quantitative estimate of drug-likeness (QED) is 0.717. The van der Waals surface area contributed by atoms with Gasteiger partial charge in [-0.05, 0) is 19.1 Å². The van der Waals surface area contributed by atoms with Gasteiger partial charge >= 0.3 is 5.97 Å². The van der Waals surface area contributed by atoms with Crippen LogP contribution in [0.1, 0.15) is 22.3 Å².